The summed E-state index contributed by atoms with van der Waals surface area (Å²) in [6.07, 6.45) is 7.00. The SMILES string of the molecule is Cc1nc(Cn2ccnc2[C@@H]2CN(C(=O)CC3CC3)Cc3ccccc32)cs1. The molecule has 1 amide bonds. The molecular formula is C22H24N4OS. The van der Waals surface area contributed by atoms with Crippen LogP contribution in [0.4, 0.5) is 0 Å². The van der Waals surface area contributed by atoms with Crippen LogP contribution in [-0.4, -0.2) is 31.9 Å². The Balaban J connectivity index is 1.46. The van der Waals surface area contributed by atoms with Gasteiger partial charge >= 0.3 is 0 Å². The van der Waals surface area contributed by atoms with Crippen molar-refractivity contribution < 1.29 is 4.79 Å². The molecule has 5 nitrogen and oxygen atoms in total. The van der Waals surface area contributed by atoms with Crippen LogP contribution in [0.1, 0.15) is 52.8 Å². The van der Waals surface area contributed by atoms with Crippen molar-refractivity contribution >= 4 is 17.2 Å². The Hall–Kier alpha value is -2.47. The molecule has 0 N–H and O–H groups in total. The summed E-state index contributed by atoms with van der Waals surface area (Å²) in [6.45, 7) is 4.16. The molecule has 28 heavy (non-hydrogen) atoms. The fourth-order valence-electron chi connectivity index (χ4n) is 4.14. The molecule has 3 heterocycles. The first-order valence-electron chi connectivity index (χ1n) is 9.95. The first-order valence-corrected chi connectivity index (χ1v) is 10.8. The van der Waals surface area contributed by atoms with Crippen molar-refractivity contribution in [2.45, 2.75) is 45.2 Å². The standard InChI is InChI=1S/C22H24N4OS/c1-15-24-18(14-28-15)12-25-9-8-23-22(25)20-13-26(21(27)10-16-6-7-16)11-17-4-2-3-5-19(17)20/h2-5,8-9,14,16,20H,6-7,10-13H2,1H3/t20-/m1/s1. The maximum Gasteiger partial charge on any atom is 0.223 e. The van der Waals surface area contributed by atoms with E-state index in [1.165, 1.54) is 24.0 Å². The molecule has 1 saturated carbocycles. The molecule has 0 bridgehead atoms. The first-order chi connectivity index (χ1) is 13.7. The third-order valence-electron chi connectivity index (χ3n) is 5.77. The average Bonchev–Trinajstić information content (AvgIpc) is 3.24. The molecule has 5 rings (SSSR count). The number of hydrogen-bond donors (Lipinski definition) is 0. The van der Waals surface area contributed by atoms with Crippen LogP contribution >= 0.6 is 11.3 Å². The van der Waals surface area contributed by atoms with Crippen LogP contribution in [0, 0.1) is 12.8 Å². The number of thiazole rings is 1. The summed E-state index contributed by atoms with van der Waals surface area (Å²) < 4.78 is 2.19. The highest BCUT2D eigenvalue weighted by Crippen LogP contribution is 2.36. The minimum atomic E-state index is 0.0998. The normalized spacial score (nSPS) is 18.9. The number of fused-ring (bicyclic) bond motifs is 1. The van der Waals surface area contributed by atoms with Crippen molar-refractivity contribution in [2.24, 2.45) is 5.92 Å². The Bertz CT molecular complexity index is 1000. The monoisotopic (exact) mass is 392 g/mol. The highest BCUT2D eigenvalue weighted by atomic mass is 32.1. The molecule has 0 spiro atoms. The number of nitrogens with zero attached hydrogens (tertiary/aromatic N) is 4. The molecule has 144 valence electrons. The van der Waals surface area contributed by atoms with Gasteiger partial charge in [-0.3, -0.25) is 4.79 Å². The van der Waals surface area contributed by atoms with Gasteiger partial charge in [0.05, 0.1) is 23.2 Å². The van der Waals surface area contributed by atoms with Crippen LogP contribution in [0.3, 0.4) is 0 Å². The maximum atomic E-state index is 12.8. The highest BCUT2D eigenvalue weighted by molar-refractivity contribution is 7.09. The van der Waals surface area contributed by atoms with Gasteiger partial charge in [0, 0.05) is 37.3 Å². The Morgan fingerprint density at radius 1 is 1.29 bits per heavy atom. The van der Waals surface area contributed by atoms with Crippen molar-refractivity contribution in [1.82, 2.24) is 19.4 Å². The van der Waals surface area contributed by atoms with Gasteiger partial charge in [-0.2, -0.15) is 0 Å². The van der Waals surface area contributed by atoms with Crippen LogP contribution in [0.25, 0.3) is 0 Å². The van der Waals surface area contributed by atoms with E-state index in [1.54, 1.807) is 11.3 Å². The van der Waals surface area contributed by atoms with Crippen LogP contribution in [-0.2, 0) is 17.9 Å². The molecule has 1 aliphatic heterocycles. The molecule has 0 saturated heterocycles. The van der Waals surface area contributed by atoms with Crippen LogP contribution < -0.4 is 0 Å². The van der Waals surface area contributed by atoms with E-state index in [0.717, 1.165) is 16.5 Å². The number of aryl methyl sites for hydroxylation is 1. The molecule has 1 atom stereocenters. The van der Waals surface area contributed by atoms with Crippen LogP contribution in [0.5, 0.6) is 0 Å². The van der Waals surface area contributed by atoms with Gasteiger partial charge in [0.15, 0.2) is 0 Å². The summed E-state index contributed by atoms with van der Waals surface area (Å²) in [7, 11) is 0. The van der Waals surface area contributed by atoms with Gasteiger partial charge in [0.1, 0.15) is 5.82 Å². The Morgan fingerprint density at radius 2 is 2.14 bits per heavy atom. The van der Waals surface area contributed by atoms with Crippen molar-refractivity contribution in [3.05, 3.63) is 69.7 Å². The number of hydrogen-bond acceptors (Lipinski definition) is 4. The lowest BCUT2D eigenvalue weighted by atomic mass is 9.88. The number of carbonyl (C=O) groups is 1. The zero-order valence-corrected chi connectivity index (χ0v) is 16.9. The van der Waals surface area contributed by atoms with Crippen molar-refractivity contribution in [3.63, 3.8) is 0 Å². The third-order valence-corrected chi connectivity index (χ3v) is 6.59. The van der Waals surface area contributed by atoms with Gasteiger partial charge in [0.25, 0.3) is 0 Å². The second-order valence-corrected chi connectivity index (χ2v) is 9.01. The van der Waals surface area contributed by atoms with Crippen molar-refractivity contribution in [2.75, 3.05) is 6.54 Å². The fourth-order valence-corrected chi connectivity index (χ4v) is 4.74. The summed E-state index contributed by atoms with van der Waals surface area (Å²) in [6, 6.07) is 8.49. The number of imidazole rings is 1. The predicted octanol–water partition coefficient (Wildman–Crippen LogP) is 3.97. The van der Waals surface area contributed by atoms with Gasteiger partial charge in [-0.15, -0.1) is 11.3 Å². The molecule has 3 aromatic rings. The molecule has 0 unspecified atom stereocenters. The predicted molar refractivity (Wildman–Crippen MR) is 109 cm³/mol. The summed E-state index contributed by atoms with van der Waals surface area (Å²) in [5, 5.41) is 3.19. The summed E-state index contributed by atoms with van der Waals surface area (Å²) in [4.78, 5) is 24.2. The highest BCUT2D eigenvalue weighted by Gasteiger charge is 2.33. The second-order valence-electron chi connectivity index (χ2n) is 7.94. The lowest BCUT2D eigenvalue weighted by Gasteiger charge is -2.34. The fraction of sp³-hybridized carbons (Fsp3) is 0.409. The quantitative estimate of drug-likeness (QED) is 0.660. The minimum absolute atomic E-state index is 0.0998. The molecule has 2 aromatic heterocycles. The molecule has 0 radical (unpaired) electrons. The maximum absolute atomic E-state index is 12.8. The lowest BCUT2D eigenvalue weighted by Crippen LogP contribution is -2.39. The smallest absolute Gasteiger partial charge is 0.223 e. The third kappa shape index (κ3) is 3.49. The van der Waals surface area contributed by atoms with E-state index < -0.39 is 0 Å². The van der Waals surface area contributed by atoms with Gasteiger partial charge in [-0.25, -0.2) is 9.97 Å². The molecular weight excluding hydrogens is 368 g/mol. The largest absolute Gasteiger partial charge is 0.337 e. The van der Waals surface area contributed by atoms with Gasteiger partial charge < -0.3 is 9.47 Å². The summed E-state index contributed by atoms with van der Waals surface area (Å²) in [5.41, 5.74) is 3.59. The molecule has 1 fully saturated rings. The number of carbonyl (C=O) groups excluding carboxylic acids is 1. The Labute approximate surface area is 169 Å². The van der Waals surface area contributed by atoms with Gasteiger partial charge in [0.2, 0.25) is 5.91 Å². The van der Waals surface area contributed by atoms with Crippen LogP contribution in [0.15, 0.2) is 42.0 Å². The van der Waals surface area contributed by atoms with E-state index >= 15 is 0 Å². The molecule has 1 aliphatic carbocycles. The molecule has 2 aliphatic rings. The minimum Gasteiger partial charge on any atom is -0.337 e. The van der Waals surface area contributed by atoms with Crippen molar-refractivity contribution in [1.29, 1.82) is 0 Å². The number of rotatable bonds is 5. The van der Waals surface area contributed by atoms with E-state index in [2.05, 4.69) is 39.2 Å². The van der Waals surface area contributed by atoms with Crippen LogP contribution in [0.2, 0.25) is 0 Å². The zero-order valence-electron chi connectivity index (χ0n) is 16.0. The van der Waals surface area contributed by atoms with E-state index in [4.69, 9.17) is 4.98 Å². The Kier molecular flexibility index (Phi) is 4.51. The lowest BCUT2D eigenvalue weighted by molar-refractivity contribution is -0.132. The van der Waals surface area contributed by atoms with E-state index in [1.807, 2.05) is 24.2 Å². The average molecular weight is 393 g/mol. The number of benzene rings is 1. The number of aromatic nitrogens is 3. The van der Waals surface area contributed by atoms with Gasteiger partial charge in [-0.1, -0.05) is 24.3 Å². The second kappa shape index (κ2) is 7.17. The Morgan fingerprint density at radius 3 is 2.93 bits per heavy atom. The van der Waals surface area contributed by atoms with E-state index in [-0.39, 0.29) is 11.8 Å². The number of amides is 1. The van der Waals surface area contributed by atoms with E-state index in [0.29, 0.717) is 32.0 Å². The summed E-state index contributed by atoms with van der Waals surface area (Å²) >= 11 is 1.67. The first kappa shape index (κ1) is 17.6. The van der Waals surface area contributed by atoms with Crippen molar-refractivity contribution in [3.8, 4) is 0 Å². The zero-order chi connectivity index (χ0) is 19.1. The summed E-state index contributed by atoms with van der Waals surface area (Å²) in [5.74, 6) is 2.01. The topological polar surface area (TPSA) is 51.0 Å². The molecule has 6 heteroatoms. The molecule has 1 aromatic carbocycles. The van der Waals surface area contributed by atoms with Gasteiger partial charge in [-0.05, 0) is 36.8 Å². The van der Waals surface area contributed by atoms with E-state index in [9.17, 15) is 4.79 Å².